The van der Waals surface area contributed by atoms with Crippen molar-refractivity contribution < 1.29 is 0 Å². The second-order valence-corrected chi connectivity index (χ2v) is 8.64. The van der Waals surface area contributed by atoms with E-state index in [1.807, 2.05) is 56.5 Å². The van der Waals surface area contributed by atoms with Crippen molar-refractivity contribution >= 4 is 39.3 Å². The molecule has 0 aliphatic carbocycles. The van der Waals surface area contributed by atoms with Gasteiger partial charge in [0.2, 0.25) is 0 Å². The van der Waals surface area contributed by atoms with Crippen LogP contribution in [-0.2, 0) is 0 Å². The van der Waals surface area contributed by atoms with Crippen molar-refractivity contribution in [3.05, 3.63) is 65.5 Å². The quantitative estimate of drug-likeness (QED) is 0.370. The molecule has 0 aliphatic rings. The van der Waals surface area contributed by atoms with E-state index in [1.54, 1.807) is 0 Å². The molecular formula is C25H22N6S. The lowest BCUT2D eigenvalue weighted by molar-refractivity contribution is 0.923. The molecule has 0 aliphatic heterocycles. The minimum absolute atomic E-state index is 0.611. The summed E-state index contributed by atoms with van der Waals surface area (Å²) in [6.45, 7) is 6.05. The Balaban J connectivity index is 1.67. The first kappa shape index (κ1) is 20.3. The van der Waals surface area contributed by atoms with Gasteiger partial charge in [-0.1, -0.05) is 11.8 Å². The molecule has 2 N–H and O–H groups in total. The van der Waals surface area contributed by atoms with Gasteiger partial charge >= 0.3 is 0 Å². The van der Waals surface area contributed by atoms with Crippen LogP contribution in [0.3, 0.4) is 0 Å². The third-order valence-corrected chi connectivity index (χ3v) is 5.97. The summed E-state index contributed by atoms with van der Waals surface area (Å²) < 4.78 is 0. The zero-order chi connectivity index (χ0) is 22.4. The zero-order valence-corrected chi connectivity index (χ0v) is 19.2. The Hall–Kier alpha value is -3.58. The number of hydrogen-bond donors (Lipinski definition) is 1. The molecule has 0 fully saturated rings. The van der Waals surface area contributed by atoms with Gasteiger partial charge in [0.15, 0.2) is 16.8 Å². The Morgan fingerprint density at radius 2 is 1.22 bits per heavy atom. The molecule has 6 nitrogen and oxygen atoms in total. The molecule has 0 radical (unpaired) electrons. The smallest absolute Gasteiger partial charge is 0.191 e. The van der Waals surface area contributed by atoms with Crippen LogP contribution in [0.1, 0.15) is 17.0 Å². The van der Waals surface area contributed by atoms with Crippen LogP contribution in [0.15, 0.2) is 53.7 Å². The highest BCUT2D eigenvalue weighted by atomic mass is 32.2. The van der Waals surface area contributed by atoms with E-state index in [2.05, 4.69) is 39.0 Å². The van der Waals surface area contributed by atoms with Gasteiger partial charge in [-0.25, -0.2) is 15.0 Å². The fraction of sp³-hybridized carbons (Fsp3) is 0.160. The van der Waals surface area contributed by atoms with Crippen molar-refractivity contribution in [2.24, 2.45) is 0 Å². The zero-order valence-electron chi connectivity index (χ0n) is 18.3. The average Bonchev–Trinajstić information content (AvgIpc) is 2.78. The summed E-state index contributed by atoms with van der Waals surface area (Å²) in [6.07, 6.45) is 1.96. The SMILES string of the molecule is CSc1nc(-c2ccc3nc(C)cc(C)c3c2)nc(-c2ccc3nc(C)cc(N)c3c2)n1. The highest BCUT2D eigenvalue weighted by molar-refractivity contribution is 7.98. The summed E-state index contributed by atoms with van der Waals surface area (Å²) >= 11 is 1.49. The Kier molecular flexibility index (Phi) is 4.98. The van der Waals surface area contributed by atoms with Gasteiger partial charge in [0.05, 0.1) is 11.0 Å². The molecule has 0 bridgehead atoms. The van der Waals surface area contributed by atoms with Crippen LogP contribution in [0.25, 0.3) is 44.6 Å². The second kappa shape index (κ2) is 7.84. The fourth-order valence-electron chi connectivity index (χ4n) is 3.94. The maximum Gasteiger partial charge on any atom is 0.191 e. The Morgan fingerprint density at radius 1 is 0.656 bits per heavy atom. The number of thioether (sulfide) groups is 1. The number of hydrogen-bond acceptors (Lipinski definition) is 7. The summed E-state index contributed by atoms with van der Waals surface area (Å²) in [6, 6.07) is 16.1. The van der Waals surface area contributed by atoms with Gasteiger partial charge in [0.1, 0.15) is 0 Å². The van der Waals surface area contributed by atoms with Crippen molar-refractivity contribution in [3.8, 4) is 22.8 Å². The summed E-state index contributed by atoms with van der Waals surface area (Å²) in [4.78, 5) is 23.4. The molecule has 3 heterocycles. The van der Waals surface area contributed by atoms with E-state index in [0.29, 0.717) is 22.5 Å². The summed E-state index contributed by atoms with van der Waals surface area (Å²) in [5, 5.41) is 2.66. The van der Waals surface area contributed by atoms with Crippen molar-refractivity contribution in [2.45, 2.75) is 25.9 Å². The number of pyridine rings is 2. The lowest BCUT2D eigenvalue weighted by Crippen LogP contribution is -2.00. The number of nitrogens with two attached hydrogens (primary N) is 1. The second-order valence-electron chi connectivity index (χ2n) is 7.87. The molecule has 0 amide bonds. The molecule has 2 aromatic carbocycles. The van der Waals surface area contributed by atoms with Gasteiger partial charge in [-0.15, -0.1) is 0 Å². The average molecular weight is 439 g/mol. The maximum absolute atomic E-state index is 6.26. The largest absolute Gasteiger partial charge is 0.398 e. The minimum Gasteiger partial charge on any atom is -0.398 e. The summed E-state index contributed by atoms with van der Waals surface area (Å²) in [5.74, 6) is 1.25. The third kappa shape index (κ3) is 3.65. The number of benzene rings is 2. The monoisotopic (exact) mass is 438 g/mol. The molecule has 5 rings (SSSR count). The van der Waals surface area contributed by atoms with Crippen molar-refractivity contribution in [1.29, 1.82) is 0 Å². The predicted octanol–water partition coefficient (Wildman–Crippen LogP) is 5.53. The number of aryl methyl sites for hydroxylation is 3. The highest BCUT2D eigenvalue weighted by Crippen LogP contribution is 2.29. The number of aromatic nitrogens is 5. The number of nitrogen functional groups attached to an aromatic ring is 1. The van der Waals surface area contributed by atoms with Crippen molar-refractivity contribution in [3.63, 3.8) is 0 Å². The van der Waals surface area contributed by atoms with Gasteiger partial charge in [-0.05, 0) is 81.1 Å². The highest BCUT2D eigenvalue weighted by Gasteiger charge is 2.13. The fourth-order valence-corrected chi connectivity index (χ4v) is 4.29. The van der Waals surface area contributed by atoms with E-state index in [1.165, 1.54) is 17.3 Å². The van der Waals surface area contributed by atoms with Crippen LogP contribution in [0.5, 0.6) is 0 Å². The standard InChI is InChI=1S/C25H22N6S/c1-13-9-14(2)27-21-7-5-16(11-18(13)21)23-29-24(31-25(30-23)32-4)17-6-8-22-19(12-17)20(26)10-15(3)28-22/h5-12H,1-4H3,(H2,26,28). The number of anilines is 1. The van der Waals surface area contributed by atoms with Crippen LogP contribution in [0.4, 0.5) is 5.69 Å². The molecule has 0 saturated heterocycles. The van der Waals surface area contributed by atoms with Gasteiger partial charge in [0.25, 0.3) is 0 Å². The van der Waals surface area contributed by atoms with Crippen LogP contribution in [-0.4, -0.2) is 31.2 Å². The third-order valence-electron chi connectivity index (χ3n) is 5.43. The Bertz CT molecular complexity index is 1400. The molecule has 5 aromatic rings. The van der Waals surface area contributed by atoms with E-state index in [-0.39, 0.29) is 0 Å². The number of fused-ring (bicyclic) bond motifs is 2. The van der Waals surface area contributed by atoms with E-state index in [4.69, 9.17) is 10.7 Å². The van der Waals surface area contributed by atoms with Crippen molar-refractivity contribution in [2.75, 3.05) is 12.0 Å². The molecule has 3 aromatic heterocycles. The van der Waals surface area contributed by atoms with Crippen LogP contribution >= 0.6 is 11.8 Å². The first-order valence-electron chi connectivity index (χ1n) is 10.3. The minimum atomic E-state index is 0.611. The molecule has 0 unspecified atom stereocenters. The molecule has 32 heavy (non-hydrogen) atoms. The van der Waals surface area contributed by atoms with E-state index < -0.39 is 0 Å². The van der Waals surface area contributed by atoms with Gasteiger partial charge in [0, 0.05) is 39.0 Å². The van der Waals surface area contributed by atoms with Crippen LogP contribution in [0.2, 0.25) is 0 Å². The summed E-state index contributed by atoms with van der Waals surface area (Å²) in [5.41, 5.74) is 13.7. The first-order valence-corrected chi connectivity index (χ1v) is 11.5. The predicted molar refractivity (Wildman–Crippen MR) is 132 cm³/mol. The topological polar surface area (TPSA) is 90.5 Å². The molecule has 7 heteroatoms. The Labute approximate surface area is 190 Å². The lowest BCUT2D eigenvalue weighted by Gasteiger charge is -2.10. The number of nitrogens with zero attached hydrogens (tertiary/aromatic N) is 5. The van der Waals surface area contributed by atoms with E-state index >= 15 is 0 Å². The van der Waals surface area contributed by atoms with Gasteiger partial charge in [-0.3, -0.25) is 9.97 Å². The van der Waals surface area contributed by atoms with Gasteiger partial charge < -0.3 is 5.73 Å². The number of rotatable bonds is 3. The normalized spacial score (nSPS) is 11.4. The molecule has 0 spiro atoms. The van der Waals surface area contributed by atoms with Crippen molar-refractivity contribution in [1.82, 2.24) is 24.9 Å². The van der Waals surface area contributed by atoms with E-state index in [0.717, 1.165) is 44.3 Å². The Morgan fingerprint density at radius 3 is 1.84 bits per heavy atom. The van der Waals surface area contributed by atoms with Crippen LogP contribution in [0, 0.1) is 20.8 Å². The maximum atomic E-state index is 6.26. The first-order chi connectivity index (χ1) is 15.4. The summed E-state index contributed by atoms with van der Waals surface area (Å²) in [7, 11) is 0. The molecule has 0 atom stereocenters. The lowest BCUT2D eigenvalue weighted by atomic mass is 10.1. The van der Waals surface area contributed by atoms with E-state index in [9.17, 15) is 0 Å². The van der Waals surface area contributed by atoms with Gasteiger partial charge in [-0.2, -0.15) is 0 Å². The molecular weight excluding hydrogens is 416 g/mol. The van der Waals surface area contributed by atoms with Crippen LogP contribution < -0.4 is 5.73 Å². The molecule has 158 valence electrons. The molecule has 0 saturated carbocycles.